The number of anilines is 2. The summed E-state index contributed by atoms with van der Waals surface area (Å²) in [7, 11) is 0. The number of nitrogens with zero attached hydrogens (tertiary/aromatic N) is 1. The SMILES string of the molecule is CC(C)(C)OC(=O)NCCCOc1ccc(C(=O)Nc2ccc(-c3ccccc3)cc2)cc1NC(=O)C1(N2CCOCC2)CC1. The predicted molar refractivity (Wildman–Crippen MR) is 174 cm³/mol. The first-order valence-electron chi connectivity index (χ1n) is 15.5. The molecule has 1 saturated carbocycles. The molecule has 0 spiro atoms. The first kappa shape index (κ1) is 32.0. The van der Waals surface area contributed by atoms with Crippen LogP contribution in [0.2, 0.25) is 0 Å². The Balaban J connectivity index is 1.26. The highest BCUT2D eigenvalue weighted by Crippen LogP contribution is 2.43. The molecule has 1 saturated heterocycles. The van der Waals surface area contributed by atoms with Crippen LogP contribution in [0.4, 0.5) is 16.2 Å². The third kappa shape index (κ3) is 8.61. The minimum Gasteiger partial charge on any atom is -0.491 e. The van der Waals surface area contributed by atoms with Gasteiger partial charge in [0.25, 0.3) is 5.91 Å². The molecule has 10 nitrogen and oxygen atoms in total. The van der Waals surface area contributed by atoms with Crippen molar-refractivity contribution in [3.8, 4) is 16.9 Å². The van der Waals surface area contributed by atoms with Gasteiger partial charge in [0, 0.05) is 30.9 Å². The average Bonchev–Trinajstić information content (AvgIpc) is 3.84. The van der Waals surface area contributed by atoms with Crippen LogP contribution in [0.25, 0.3) is 11.1 Å². The molecule has 1 aliphatic heterocycles. The summed E-state index contributed by atoms with van der Waals surface area (Å²) in [5.74, 6) is 0.0254. The van der Waals surface area contributed by atoms with Gasteiger partial charge in [-0.15, -0.1) is 0 Å². The largest absolute Gasteiger partial charge is 0.491 e. The van der Waals surface area contributed by atoms with Crippen molar-refractivity contribution in [2.75, 3.05) is 50.1 Å². The Morgan fingerprint density at radius 1 is 0.889 bits per heavy atom. The number of hydrogen-bond acceptors (Lipinski definition) is 7. The molecule has 1 aliphatic carbocycles. The molecule has 0 aromatic heterocycles. The van der Waals surface area contributed by atoms with Crippen LogP contribution in [0, 0.1) is 0 Å². The molecule has 0 radical (unpaired) electrons. The van der Waals surface area contributed by atoms with E-state index in [0.717, 1.165) is 24.0 Å². The molecule has 2 fully saturated rings. The smallest absolute Gasteiger partial charge is 0.407 e. The van der Waals surface area contributed by atoms with E-state index in [4.69, 9.17) is 14.2 Å². The summed E-state index contributed by atoms with van der Waals surface area (Å²) < 4.78 is 16.8. The summed E-state index contributed by atoms with van der Waals surface area (Å²) in [4.78, 5) is 41.0. The summed E-state index contributed by atoms with van der Waals surface area (Å²) in [6, 6.07) is 22.7. The lowest BCUT2D eigenvalue weighted by Gasteiger charge is -2.34. The summed E-state index contributed by atoms with van der Waals surface area (Å²) in [5, 5.41) is 8.73. The minimum atomic E-state index is -0.576. The van der Waals surface area contributed by atoms with E-state index in [1.54, 1.807) is 18.2 Å². The molecular formula is C35H42N4O6. The Labute approximate surface area is 264 Å². The molecule has 10 heteroatoms. The van der Waals surface area contributed by atoms with Gasteiger partial charge in [-0.3, -0.25) is 14.5 Å². The standard InChI is InChI=1S/C35H42N4O6/c1-34(2,3)45-33(42)36-18-7-21-44-30-15-12-27(24-29(30)38-32(41)35(16-17-35)39-19-22-43-23-20-39)31(40)37-28-13-10-26(11-14-28)25-8-5-4-6-9-25/h4-6,8-15,24H,7,16-23H2,1-3H3,(H,36,42)(H,37,40)(H,38,41). The number of ether oxygens (including phenoxy) is 3. The lowest BCUT2D eigenvalue weighted by atomic mass is 10.1. The van der Waals surface area contributed by atoms with Gasteiger partial charge in [0.2, 0.25) is 5.91 Å². The van der Waals surface area contributed by atoms with Gasteiger partial charge in [-0.05, 0) is 81.5 Å². The van der Waals surface area contributed by atoms with E-state index in [9.17, 15) is 14.4 Å². The fourth-order valence-electron chi connectivity index (χ4n) is 5.27. The second-order valence-electron chi connectivity index (χ2n) is 12.3. The number of carbonyl (C=O) groups excluding carboxylic acids is 3. The second-order valence-corrected chi connectivity index (χ2v) is 12.3. The van der Waals surface area contributed by atoms with Gasteiger partial charge in [-0.2, -0.15) is 0 Å². The van der Waals surface area contributed by atoms with Crippen LogP contribution >= 0.6 is 0 Å². The highest BCUT2D eigenvalue weighted by molar-refractivity contribution is 6.07. The van der Waals surface area contributed by atoms with E-state index in [-0.39, 0.29) is 18.4 Å². The van der Waals surface area contributed by atoms with Crippen LogP contribution in [-0.2, 0) is 14.3 Å². The number of benzene rings is 3. The quantitative estimate of drug-likeness (QED) is 0.237. The Bertz CT molecular complexity index is 1480. The van der Waals surface area contributed by atoms with Gasteiger partial charge in [0.1, 0.15) is 16.9 Å². The maximum atomic E-state index is 13.6. The van der Waals surface area contributed by atoms with E-state index in [0.29, 0.717) is 62.0 Å². The summed E-state index contributed by atoms with van der Waals surface area (Å²) in [6.45, 7) is 8.67. The first-order valence-corrected chi connectivity index (χ1v) is 15.5. The zero-order valence-electron chi connectivity index (χ0n) is 26.2. The third-order valence-corrected chi connectivity index (χ3v) is 7.75. The van der Waals surface area contributed by atoms with Gasteiger partial charge >= 0.3 is 6.09 Å². The fraction of sp³-hybridized carbons (Fsp3) is 0.400. The highest BCUT2D eigenvalue weighted by Gasteiger charge is 2.54. The van der Waals surface area contributed by atoms with Crippen LogP contribution in [0.5, 0.6) is 5.75 Å². The fourth-order valence-corrected chi connectivity index (χ4v) is 5.27. The van der Waals surface area contributed by atoms with Gasteiger partial charge in [0.15, 0.2) is 0 Å². The van der Waals surface area contributed by atoms with E-state index >= 15 is 0 Å². The van der Waals surface area contributed by atoms with Gasteiger partial charge in [-0.1, -0.05) is 42.5 Å². The lowest BCUT2D eigenvalue weighted by Crippen LogP contribution is -2.51. The van der Waals surface area contributed by atoms with Crippen molar-refractivity contribution in [3.05, 3.63) is 78.4 Å². The summed E-state index contributed by atoms with van der Waals surface area (Å²) in [5.41, 5.74) is 2.46. The zero-order valence-corrected chi connectivity index (χ0v) is 26.2. The molecule has 45 heavy (non-hydrogen) atoms. The first-order chi connectivity index (χ1) is 21.6. The molecule has 1 heterocycles. The van der Waals surface area contributed by atoms with Crippen LogP contribution in [0.1, 0.15) is 50.4 Å². The monoisotopic (exact) mass is 614 g/mol. The van der Waals surface area contributed by atoms with Gasteiger partial charge in [-0.25, -0.2) is 4.79 Å². The Hall–Kier alpha value is -4.41. The normalized spacial score (nSPS) is 15.9. The molecule has 2 aliphatic rings. The van der Waals surface area contributed by atoms with Crippen molar-refractivity contribution in [1.82, 2.24) is 10.2 Å². The average molecular weight is 615 g/mol. The van der Waals surface area contributed by atoms with Crippen LogP contribution in [0.3, 0.4) is 0 Å². The number of alkyl carbamates (subject to hydrolysis) is 1. The minimum absolute atomic E-state index is 0.116. The molecule has 0 atom stereocenters. The molecule has 3 aromatic carbocycles. The van der Waals surface area contributed by atoms with Crippen molar-refractivity contribution in [2.24, 2.45) is 0 Å². The van der Waals surface area contributed by atoms with Crippen LogP contribution < -0.4 is 20.7 Å². The van der Waals surface area contributed by atoms with E-state index in [1.165, 1.54) is 0 Å². The topological polar surface area (TPSA) is 118 Å². The van der Waals surface area contributed by atoms with Crippen molar-refractivity contribution >= 4 is 29.3 Å². The number of morpholine rings is 1. The van der Waals surface area contributed by atoms with Crippen molar-refractivity contribution in [1.29, 1.82) is 0 Å². The molecule has 3 amide bonds. The molecule has 238 valence electrons. The summed E-state index contributed by atoms with van der Waals surface area (Å²) >= 11 is 0. The van der Waals surface area contributed by atoms with E-state index < -0.39 is 17.2 Å². The lowest BCUT2D eigenvalue weighted by molar-refractivity contribution is -0.124. The highest BCUT2D eigenvalue weighted by atomic mass is 16.6. The maximum Gasteiger partial charge on any atom is 0.407 e. The van der Waals surface area contributed by atoms with E-state index in [1.807, 2.05) is 75.4 Å². The Morgan fingerprint density at radius 2 is 1.58 bits per heavy atom. The second kappa shape index (κ2) is 14.1. The Morgan fingerprint density at radius 3 is 2.24 bits per heavy atom. The molecule has 0 unspecified atom stereocenters. The number of rotatable bonds is 11. The number of hydrogen-bond donors (Lipinski definition) is 3. The van der Waals surface area contributed by atoms with E-state index in [2.05, 4.69) is 20.9 Å². The molecule has 5 rings (SSSR count). The molecular weight excluding hydrogens is 572 g/mol. The van der Waals surface area contributed by atoms with Crippen molar-refractivity contribution in [2.45, 2.75) is 51.2 Å². The molecule has 0 bridgehead atoms. The number of carbonyl (C=O) groups is 3. The van der Waals surface area contributed by atoms with Crippen LogP contribution in [-0.4, -0.2) is 73.4 Å². The number of nitrogens with one attached hydrogen (secondary N) is 3. The van der Waals surface area contributed by atoms with Crippen molar-refractivity contribution in [3.63, 3.8) is 0 Å². The summed E-state index contributed by atoms with van der Waals surface area (Å²) in [6.07, 6.45) is 1.57. The van der Waals surface area contributed by atoms with Crippen LogP contribution in [0.15, 0.2) is 72.8 Å². The third-order valence-electron chi connectivity index (χ3n) is 7.75. The van der Waals surface area contributed by atoms with Crippen molar-refractivity contribution < 1.29 is 28.6 Å². The number of amides is 3. The molecule has 3 aromatic rings. The predicted octanol–water partition coefficient (Wildman–Crippen LogP) is 5.70. The van der Waals surface area contributed by atoms with Gasteiger partial charge < -0.3 is 30.2 Å². The van der Waals surface area contributed by atoms with Gasteiger partial charge in [0.05, 0.1) is 25.5 Å². The maximum absolute atomic E-state index is 13.6. The molecule has 3 N–H and O–H groups in total. The zero-order chi connectivity index (χ0) is 31.9. The Kier molecular flexibility index (Phi) is 10.0.